The first kappa shape index (κ1) is 33.4. The molecule has 48 heavy (non-hydrogen) atoms. The van der Waals surface area contributed by atoms with Crippen molar-refractivity contribution in [2.24, 2.45) is 0 Å². The van der Waals surface area contributed by atoms with Crippen LogP contribution in [0.3, 0.4) is 0 Å². The van der Waals surface area contributed by atoms with E-state index in [-0.39, 0.29) is 24.8 Å². The Morgan fingerprint density at radius 3 is 1.98 bits per heavy atom. The van der Waals surface area contributed by atoms with Gasteiger partial charge in [0.25, 0.3) is 0 Å². The Bertz CT molecular complexity index is 1720. The van der Waals surface area contributed by atoms with E-state index in [9.17, 15) is 0 Å². The van der Waals surface area contributed by atoms with Crippen LogP contribution >= 0.6 is 0 Å². The first-order valence-corrected chi connectivity index (χ1v) is 16.3. The molecule has 1 aliphatic heterocycles. The largest absolute Gasteiger partial charge is 0.497 e. The van der Waals surface area contributed by atoms with Crippen molar-refractivity contribution in [1.82, 2.24) is 24.6 Å². The quantitative estimate of drug-likeness (QED) is 0.117. The van der Waals surface area contributed by atoms with Crippen LogP contribution in [0.15, 0.2) is 91.5 Å². The first-order chi connectivity index (χ1) is 23.2. The van der Waals surface area contributed by atoms with Crippen molar-refractivity contribution in [3.05, 3.63) is 108 Å². The van der Waals surface area contributed by atoms with Gasteiger partial charge in [0.1, 0.15) is 47.4 Å². The number of nitrogens with zero attached hydrogens (tertiary/aromatic N) is 5. The summed E-state index contributed by atoms with van der Waals surface area (Å²) in [6.07, 6.45) is 2.48. The maximum absolute atomic E-state index is 7.25. The molecule has 0 bridgehead atoms. The van der Waals surface area contributed by atoms with Crippen LogP contribution in [0.4, 0.5) is 5.82 Å². The number of fused-ring (bicyclic) bond motifs is 1. The number of anilines is 1. The number of aromatic nitrogens is 4. The molecular weight excluding hydrogens is 608 g/mol. The average Bonchev–Trinajstić information content (AvgIpc) is 3.73. The number of imidazole rings is 1. The molecule has 0 saturated carbocycles. The van der Waals surface area contributed by atoms with E-state index in [4.69, 9.17) is 29.5 Å². The van der Waals surface area contributed by atoms with Gasteiger partial charge in [0.15, 0.2) is 11.5 Å². The minimum atomic E-state index is -1.01. The molecule has 5 aromatic rings. The zero-order valence-corrected chi connectivity index (χ0v) is 28.3. The van der Waals surface area contributed by atoms with Crippen LogP contribution in [0.1, 0.15) is 57.0 Å². The third-order valence-electron chi connectivity index (χ3n) is 8.79. The summed E-state index contributed by atoms with van der Waals surface area (Å²) in [5, 5.41) is 2.02. The minimum absolute atomic E-state index is 0.147. The Kier molecular flexibility index (Phi) is 9.93. The summed E-state index contributed by atoms with van der Waals surface area (Å²) in [6.45, 7) is 8.69. The summed E-state index contributed by atoms with van der Waals surface area (Å²) in [7, 11) is 3.32. The van der Waals surface area contributed by atoms with E-state index in [1.165, 1.54) is 6.33 Å². The van der Waals surface area contributed by atoms with Crippen molar-refractivity contribution >= 4 is 17.0 Å². The molecule has 3 aromatic carbocycles. The van der Waals surface area contributed by atoms with Crippen LogP contribution in [-0.2, 0) is 19.9 Å². The number of methoxy groups -OCH3 is 2. The molecule has 2 N–H and O–H groups in total. The molecule has 0 unspecified atom stereocenters. The molecule has 1 aliphatic rings. The van der Waals surface area contributed by atoms with Gasteiger partial charge >= 0.3 is 0 Å². The number of hydroxylamine groups is 2. The minimum Gasteiger partial charge on any atom is -0.497 e. The maximum atomic E-state index is 7.25. The summed E-state index contributed by atoms with van der Waals surface area (Å²) < 4.78 is 27.0. The fraction of sp³-hybridized carbons (Fsp3) is 0.378. The van der Waals surface area contributed by atoms with Crippen LogP contribution < -0.4 is 15.2 Å². The Balaban J connectivity index is 1.42. The van der Waals surface area contributed by atoms with E-state index in [1.54, 1.807) is 20.5 Å². The molecule has 0 amide bonds. The van der Waals surface area contributed by atoms with Gasteiger partial charge in [-0.05, 0) is 68.7 Å². The molecular formula is C37H44N6O5. The second kappa shape index (κ2) is 14.3. The fourth-order valence-corrected chi connectivity index (χ4v) is 6.49. The predicted molar refractivity (Wildman–Crippen MR) is 184 cm³/mol. The number of rotatable bonds is 13. The standard InChI is InChI=1S/C37H44N6O5/c1-24(2)43(25(3)4)48-31-20-33(42-23-41-34-35(38)39-22-40-36(34)42)47-32(31)21-46-37(26-10-8-7-9-11-26,27-12-16-29(44-5)17-13-27)28-14-18-30(45-6)19-15-28/h7-19,22-25,31-33H,20-21H2,1-6H3,(H2,38,39,40)/t31-,32+,33+/m0/s1. The molecule has 252 valence electrons. The van der Waals surface area contributed by atoms with Gasteiger partial charge in [0.2, 0.25) is 0 Å². The van der Waals surface area contributed by atoms with Gasteiger partial charge in [-0.3, -0.25) is 9.40 Å². The lowest BCUT2D eigenvalue weighted by Crippen LogP contribution is -2.44. The number of ether oxygens (including phenoxy) is 4. The van der Waals surface area contributed by atoms with Gasteiger partial charge in [-0.1, -0.05) is 54.6 Å². The molecule has 0 spiro atoms. The molecule has 0 aliphatic carbocycles. The number of nitrogens with two attached hydrogens (primary N) is 1. The van der Waals surface area contributed by atoms with E-state index in [0.717, 1.165) is 28.2 Å². The number of benzene rings is 3. The molecule has 3 heterocycles. The van der Waals surface area contributed by atoms with E-state index < -0.39 is 17.9 Å². The number of nitrogen functional groups attached to an aromatic ring is 1. The van der Waals surface area contributed by atoms with Crippen LogP contribution in [0.25, 0.3) is 11.2 Å². The highest BCUT2D eigenvalue weighted by atomic mass is 16.7. The third-order valence-corrected chi connectivity index (χ3v) is 8.79. The van der Waals surface area contributed by atoms with Gasteiger partial charge in [-0.25, -0.2) is 15.0 Å². The van der Waals surface area contributed by atoms with Crippen molar-refractivity contribution < 1.29 is 23.8 Å². The third kappa shape index (κ3) is 6.46. The van der Waals surface area contributed by atoms with E-state index >= 15 is 0 Å². The van der Waals surface area contributed by atoms with Gasteiger partial charge < -0.3 is 24.7 Å². The monoisotopic (exact) mass is 652 g/mol. The second-order valence-electron chi connectivity index (χ2n) is 12.5. The second-order valence-corrected chi connectivity index (χ2v) is 12.5. The highest BCUT2D eigenvalue weighted by Gasteiger charge is 2.44. The van der Waals surface area contributed by atoms with Crippen LogP contribution in [0.5, 0.6) is 11.5 Å². The molecule has 11 heteroatoms. The topological polar surface area (TPSA) is 119 Å². The van der Waals surface area contributed by atoms with E-state index in [0.29, 0.717) is 23.4 Å². The smallest absolute Gasteiger partial charge is 0.167 e. The van der Waals surface area contributed by atoms with Crippen molar-refractivity contribution in [2.75, 3.05) is 26.6 Å². The van der Waals surface area contributed by atoms with E-state index in [1.807, 2.05) is 76.4 Å². The lowest BCUT2D eigenvalue weighted by molar-refractivity contribution is -0.247. The lowest BCUT2D eigenvalue weighted by atomic mass is 9.80. The molecule has 3 atom stereocenters. The van der Waals surface area contributed by atoms with Crippen molar-refractivity contribution in [2.45, 2.75) is 70.2 Å². The molecule has 1 fully saturated rings. The van der Waals surface area contributed by atoms with Crippen molar-refractivity contribution in [3.8, 4) is 11.5 Å². The van der Waals surface area contributed by atoms with E-state index in [2.05, 4.69) is 54.8 Å². The maximum Gasteiger partial charge on any atom is 0.167 e. The number of hydrogen-bond donors (Lipinski definition) is 1. The lowest BCUT2D eigenvalue weighted by Gasteiger charge is -2.38. The molecule has 6 rings (SSSR count). The normalized spacial score (nSPS) is 18.3. The Hall–Kier alpha value is -4.55. The highest BCUT2D eigenvalue weighted by molar-refractivity contribution is 5.81. The molecule has 11 nitrogen and oxygen atoms in total. The Morgan fingerprint density at radius 1 is 0.833 bits per heavy atom. The van der Waals surface area contributed by atoms with Gasteiger partial charge in [0, 0.05) is 18.5 Å². The first-order valence-electron chi connectivity index (χ1n) is 16.3. The average molecular weight is 653 g/mol. The highest BCUT2D eigenvalue weighted by Crippen LogP contribution is 2.43. The summed E-state index contributed by atoms with van der Waals surface area (Å²) >= 11 is 0. The Labute approximate surface area is 281 Å². The van der Waals surface area contributed by atoms with Crippen LogP contribution in [0.2, 0.25) is 0 Å². The Morgan fingerprint density at radius 2 is 1.42 bits per heavy atom. The summed E-state index contributed by atoms with van der Waals surface area (Å²) in [5.74, 6) is 1.83. The molecule has 0 radical (unpaired) electrons. The zero-order chi connectivity index (χ0) is 33.8. The van der Waals surface area contributed by atoms with Crippen molar-refractivity contribution in [1.29, 1.82) is 0 Å². The summed E-state index contributed by atoms with van der Waals surface area (Å²) in [4.78, 5) is 19.8. The summed E-state index contributed by atoms with van der Waals surface area (Å²) in [6, 6.07) is 26.5. The number of hydrogen-bond acceptors (Lipinski definition) is 10. The fourth-order valence-electron chi connectivity index (χ4n) is 6.49. The SMILES string of the molecule is COc1ccc(C(OC[C@H]2O[C@@H](n3cnc4c(N)ncnc43)C[C@@H]2ON(C(C)C)C(C)C)(c2ccccc2)c2ccc(OC)cc2)cc1. The predicted octanol–water partition coefficient (Wildman–Crippen LogP) is 6.14. The zero-order valence-electron chi connectivity index (χ0n) is 28.3. The van der Waals surface area contributed by atoms with Gasteiger partial charge in [-0.15, -0.1) is 0 Å². The molecule has 1 saturated heterocycles. The van der Waals surface area contributed by atoms with Gasteiger partial charge in [0.05, 0.1) is 27.2 Å². The van der Waals surface area contributed by atoms with Gasteiger partial charge in [-0.2, -0.15) is 5.06 Å². The molecule has 2 aromatic heterocycles. The summed E-state index contributed by atoms with van der Waals surface area (Å²) in [5.41, 5.74) is 9.08. The van der Waals surface area contributed by atoms with Crippen molar-refractivity contribution in [3.63, 3.8) is 0 Å². The van der Waals surface area contributed by atoms with Crippen LogP contribution in [0, 0.1) is 0 Å². The van der Waals surface area contributed by atoms with Crippen LogP contribution in [-0.4, -0.2) is 69.7 Å².